The number of carbonyl (C=O) groups is 1. The van der Waals surface area contributed by atoms with Gasteiger partial charge in [0.25, 0.3) is 0 Å². The summed E-state index contributed by atoms with van der Waals surface area (Å²) in [4.78, 5) is 13.1. The van der Waals surface area contributed by atoms with Gasteiger partial charge < -0.3 is 35.2 Å². The van der Waals surface area contributed by atoms with Gasteiger partial charge in [-0.3, -0.25) is 9.35 Å². The Morgan fingerprint density at radius 2 is 0.821 bits per heavy atom. The predicted octanol–water partition coefficient (Wildman–Crippen LogP) is 16.7. The van der Waals surface area contributed by atoms with Gasteiger partial charge in [-0.05, 0) is 44.9 Å². The third-order valence-corrected chi connectivity index (χ3v) is 16.4. The van der Waals surface area contributed by atoms with E-state index in [9.17, 15) is 38.2 Å². The molecule has 7 unspecified atom stereocenters. The smallest absolute Gasteiger partial charge is 0.394 e. The summed E-state index contributed by atoms with van der Waals surface area (Å²) in [7, 11) is -5.09. The van der Waals surface area contributed by atoms with Crippen LogP contribution in [0.1, 0.15) is 328 Å². The zero-order valence-electron chi connectivity index (χ0n) is 50.5. The molecule has 0 aromatic heterocycles. The van der Waals surface area contributed by atoms with Gasteiger partial charge >= 0.3 is 10.4 Å². The Bertz CT molecular complexity index is 1470. The average molecular weight is 1130 g/mol. The molecule has 462 valence electrons. The van der Waals surface area contributed by atoms with Gasteiger partial charge in [-0.1, -0.05) is 301 Å². The van der Waals surface area contributed by atoms with Crippen LogP contribution in [0.2, 0.25) is 0 Å². The molecule has 1 amide bonds. The maximum absolute atomic E-state index is 13.1. The number of unbranched alkanes of at least 4 members (excludes halogenated alkanes) is 45. The number of carbonyl (C=O) groups excluding carboxylic acids is 1. The molecule has 7 atom stereocenters. The molecular formula is C65H125NO11S. The summed E-state index contributed by atoms with van der Waals surface area (Å²) >= 11 is 0. The highest BCUT2D eigenvalue weighted by Crippen LogP contribution is 2.26. The van der Waals surface area contributed by atoms with Crippen LogP contribution in [0, 0.1) is 0 Å². The Hall–Kier alpha value is -1.42. The van der Waals surface area contributed by atoms with E-state index in [2.05, 4.69) is 35.5 Å². The number of hydrogen-bond donors (Lipinski definition) is 6. The normalized spacial score (nSPS) is 18.9. The zero-order valence-corrected chi connectivity index (χ0v) is 51.3. The summed E-state index contributed by atoms with van der Waals surface area (Å²) in [6.45, 7) is 3.43. The molecule has 1 heterocycles. The van der Waals surface area contributed by atoms with E-state index in [1.54, 1.807) is 6.08 Å². The number of aliphatic hydroxyl groups excluding tert-OH is 4. The minimum absolute atomic E-state index is 0.257. The molecular weight excluding hydrogens is 1000 g/mol. The van der Waals surface area contributed by atoms with Crippen LogP contribution in [0.3, 0.4) is 0 Å². The van der Waals surface area contributed by atoms with Crippen molar-refractivity contribution in [2.75, 3.05) is 13.2 Å². The Balaban J connectivity index is 2.16. The average Bonchev–Trinajstić information content (AvgIpc) is 3.45. The summed E-state index contributed by atoms with van der Waals surface area (Å²) in [5.41, 5.74) is 0. The van der Waals surface area contributed by atoms with E-state index in [1.807, 2.05) is 6.08 Å². The highest BCUT2D eigenvalue weighted by Gasteiger charge is 2.48. The fraction of sp³-hybridized carbons (Fsp3) is 0.923. The van der Waals surface area contributed by atoms with Crippen molar-refractivity contribution in [2.45, 2.75) is 371 Å². The molecule has 13 heteroatoms. The van der Waals surface area contributed by atoms with Gasteiger partial charge in [-0.25, -0.2) is 4.18 Å². The Kier molecular flexibility index (Phi) is 52.4. The van der Waals surface area contributed by atoms with Crippen molar-refractivity contribution in [3.05, 3.63) is 24.3 Å². The molecule has 0 aromatic carbocycles. The molecule has 6 N–H and O–H groups in total. The summed E-state index contributed by atoms with van der Waals surface area (Å²) in [5, 5.41) is 45.0. The van der Waals surface area contributed by atoms with E-state index in [-0.39, 0.29) is 18.9 Å². The van der Waals surface area contributed by atoms with Crippen molar-refractivity contribution >= 4 is 16.3 Å². The van der Waals surface area contributed by atoms with Crippen molar-refractivity contribution in [1.29, 1.82) is 0 Å². The van der Waals surface area contributed by atoms with Crippen molar-refractivity contribution in [3.8, 4) is 0 Å². The van der Waals surface area contributed by atoms with Crippen LogP contribution in [-0.4, -0.2) is 95.4 Å². The largest absolute Gasteiger partial charge is 0.397 e. The number of aliphatic hydroxyl groups is 4. The van der Waals surface area contributed by atoms with Crippen molar-refractivity contribution in [2.24, 2.45) is 0 Å². The lowest BCUT2D eigenvalue weighted by Crippen LogP contribution is -2.61. The minimum Gasteiger partial charge on any atom is -0.394 e. The van der Waals surface area contributed by atoms with Crippen LogP contribution in [0.15, 0.2) is 24.3 Å². The number of amides is 1. The van der Waals surface area contributed by atoms with E-state index in [1.165, 1.54) is 263 Å². The quantitative estimate of drug-likeness (QED) is 0.0193. The Morgan fingerprint density at radius 3 is 1.15 bits per heavy atom. The highest BCUT2D eigenvalue weighted by molar-refractivity contribution is 7.80. The van der Waals surface area contributed by atoms with Gasteiger partial charge in [-0.15, -0.1) is 0 Å². The molecule has 1 fully saturated rings. The summed E-state index contributed by atoms with van der Waals surface area (Å²) in [6.07, 6.45) is 61.3. The van der Waals surface area contributed by atoms with Gasteiger partial charge in [0, 0.05) is 6.42 Å². The van der Waals surface area contributed by atoms with Gasteiger partial charge in [0.15, 0.2) is 6.29 Å². The van der Waals surface area contributed by atoms with Crippen LogP contribution in [0.5, 0.6) is 0 Å². The molecule has 78 heavy (non-hydrogen) atoms. The molecule has 12 nitrogen and oxygen atoms in total. The van der Waals surface area contributed by atoms with E-state index in [0.717, 1.165) is 38.5 Å². The third-order valence-electron chi connectivity index (χ3n) is 16.0. The highest BCUT2D eigenvalue weighted by atomic mass is 32.3. The molecule has 1 rings (SSSR count). The number of allylic oxidation sites excluding steroid dienone is 3. The summed E-state index contributed by atoms with van der Waals surface area (Å²) in [5.74, 6) is -0.257. The first kappa shape index (κ1) is 74.6. The maximum Gasteiger partial charge on any atom is 0.397 e. The topological polar surface area (TPSA) is 192 Å². The number of ether oxygens (including phenoxy) is 2. The molecule has 1 aliphatic rings. The summed E-state index contributed by atoms with van der Waals surface area (Å²) < 4.78 is 47.9. The van der Waals surface area contributed by atoms with Crippen LogP contribution < -0.4 is 5.32 Å². The van der Waals surface area contributed by atoms with Gasteiger partial charge in [0.05, 0.1) is 25.4 Å². The molecule has 0 bridgehead atoms. The van der Waals surface area contributed by atoms with Gasteiger partial charge in [0.2, 0.25) is 5.91 Å². The standard InChI is InChI=1S/C65H125NO11S/c1-3-5-7-9-11-13-15-17-19-20-21-22-23-24-25-26-27-28-29-30-31-32-33-34-35-36-37-38-39-40-41-43-45-47-49-51-53-55-61(69)66-58(57-75-65-63(71)64(77-78(72,73)74)62(70)60(56-67)76-65)59(68)54-52-50-48-46-44-42-18-16-14-12-10-8-6-4-2/h28-29,52,54,58-60,62-65,67-68,70-71H,3-27,30-51,53,55-57H2,1-2H3,(H,66,69)(H,72,73,74)/b29-28-,54-52+. The van der Waals surface area contributed by atoms with E-state index in [4.69, 9.17) is 9.47 Å². The van der Waals surface area contributed by atoms with Crippen molar-refractivity contribution in [1.82, 2.24) is 5.32 Å². The van der Waals surface area contributed by atoms with Gasteiger partial charge in [0.1, 0.15) is 24.4 Å². The van der Waals surface area contributed by atoms with Crippen molar-refractivity contribution < 1.29 is 51.8 Å². The summed E-state index contributed by atoms with van der Waals surface area (Å²) in [6, 6.07) is -0.942. The fourth-order valence-electron chi connectivity index (χ4n) is 10.9. The maximum atomic E-state index is 13.1. The monoisotopic (exact) mass is 1130 g/mol. The molecule has 1 saturated heterocycles. The molecule has 1 aliphatic heterocycles. The zero-order chi connectivity index (χ0) is 56.8. The second-order valence-electron chi connectivity index (χ2n) is 23.4. The molecule has 0 saturated carbocycles. The first-order valence-corrected chi connectivity index (χ1v) is 34.6. The molecule has 0 spiro atoms. The van der Waals surface area contributed by atoms with E-state index in [0.29, 0.717) is 6.42 Å². The lowest BCUT2D eigenvalue weighted by Gasteiger charge is -2.41. The molecule has 0 radical (unpaired) electrons. The first-order chi connectivity index (χ1) is 38.0. The van der Waals surface area contributed by atoms with Crippen LogP contribution in [-0.2, 0) is 28.9 Å². The Labute approximate surface area is 480 Å². The molecule has 0 aromatic rings. The predicted molar refractivity (Wildman–Crippen MR) is 324 cm³/mol. The van der Waals surface area contributed by atoms with Gasteiger partial charge in [-0.2, -0.15) is 8.42 Å². The first-order valence-electron chi connectivity index (χ1n) is 33.2. The lowest BCUT2D eigenvalue weighted by atomic mass is 9.99. The van der Waals surface area contributed by atoms with Crippen LogP contribution >= 0.6 is 0 Å². The van der Waals surface area contributed by atoms with Crippen molar-refractivity contribution in [3.63, 3.8) is 0 Å². The fourth-order valence-corrected chi connectivity index (χ4v) is 11.4. The SMILES string of the molecule is CCCCCCCCCCCCCC/C=C/C(O)C(COC1OC(CO)C(O)C(OS(=O)(=O)O)C1O)NC(=O)CCCCCCCCCCCCCCCCCCC/C=C\CCCCCCCCCCCCCCCCCC. The van der Waals surface area contributed by atoms with Crippen LogP contribution in [0.25, 0.3) is 0 Å². The number of hydrogen-bond acceptors (Lipinski definition) is 10. The Morgan fingerprint density at radius 1 is 0.500 bits per heavy atom. The van der Waals surface area contributed by atoms with E-state index < -0.39 is 59.9 Å². The second kappa shape index (κ2) is 54.8. The van der Waals surface area contributed by atoms with Crippen LogP contribution in [0.4, 0.5) is 0 Å². The minimum atomic E-state index is -5.09. The lowest BCUT2D eigenvalue weighted by molar-refractivity contribution is -0.298. The van der Waals surface area contributed by atoms with E-state index >= 15 is 0 Å². The second-order valence-corrected chi connectivity index (χ2v) is 24.5. The number of nitrogens with one attached hydrogen (secondary N) is 1. The number of rotatable bonds is 59. The third kappa shape index (κ3) is 46.1. The molecule has 0 aliphatic carbocycles.